The molecule has 0 radical (unpaired) electrons. The van der Waals surface area contributed by atoms with Crippen LogP contribution in [0.15, 0.2) is 6.20 Å². The van der Waals surface area contributed by atoms with Crippen LogP contribution in [0.3, 0.4) is 0 Å². The number of thioether (sulfide) groups is 1. The Balaban J connectivity index is 2.53. The third-order valence-corrected chi connectivity index (χ3v) is 2.47. The van der Waals surface area contributed by atoms with Crippen molar-refractivity contribution in [1.29, 1.82) is 0 Å². The number of carbonyl (C=O) groups is 1. The predicted molar refractivity (Wildman–Crippen MR) is 38.9 cm³/mol. The Morgan fingerprint density at radius 1 is 1.80 bits per heavy atom. The number of aromatic nitrogens is 2. The number of hydrogen-bond donors (Lipinski definition) is 0. The summed E-state index contributed by atoms with van der Waals surface area (Å²) >= 11 is 1.78. The molecule has 0 fully saturated rings. The molecule has 0 aliphatic carbocycles. The van der Waals surface area contributed by atoms with Gasteiger partial charge < -0.3 is 0 Å². The Morgan fingerprint density at radius 2 is 2.70 bits per heavy atom. The van der Waals surface area contributed by atoms with Gasteiger partial charge in [0, 0.05) is 5.75 Å². The van der Waals surface area contributed by atoms with E-state index in [9.17, 15) is 4.79 Å². The Kier molecular flexibility index (Phi) is 1.27. The van der Waals surface area contributed by atoms with E-state index in [-0.39, 0.29) is 0 Å². The van der Waals surface area contributed by atoms with Crippen LogP contribution in [0.1, 0.15) is 16.1 Å². The lowest BCUT2D eigenvalue weighted by atomic mass is 10.3. The molecule has 0 aromatic carbocycles. The lowest BCUT2D eigenvalue weighted by molar-refractivity contribution is 0.112. The maximum absolute atomic E-state index is 10.4. The normalized spacial score (nSPS) is 15.2. The summed E-state index contributed by atoms with van der Waals surface area (Å²) in [6.45, 7) is 0. The first-order chi connectivity index (χ1) is 4.92. The van der Waals surface area contributed by atoms with Gasteiger partial charge in [0.15, 0.2) is 6.29 Å². The fourth-order valence-corrected chi connectivity index (χ4v) is 2.02. The maximum atomic E-state index is 10.4. The third-order valence-electron chi connectivity index (χ3n) is 1.56. The lowest BCUT2D eigenvalue weighted by Crippen LogP contribution is -1.93. The summed E-state index contributed by atoms with van der Waals surface area (Å²) in [6.07, 6.45) is 2.49. The van der Waals surface area contributed by atoms with Crippen molar-refractivity contribution in [3.05, 3.63) is 17.5 Å². The van der Waals surface area contributed by atoms with E-state index < -0.39 is 0 Å². The third kappa shape index (κ3) is 0.686. The van der Waals surface area contributed by atoms with Crippen LogP contribution in [-0.4, -0.2) is 16.1 Å². The Labute approximate surface area is 62.4 Å². The van der Waals surface area contributed by atoms with E-state index in [4.69, 9.17) is 0 Å². The molecule has 3 nitrogen and oxygen atoms in total. The van der Waals surface area contributed by atoms with Gasteiger partial charge in [0.05, 0.1) is 23.3 Å². The van der Waals surface area contributed by atoms with Crippen LogP contribution in [0.4, 0.5) is 0 Å². The van der Waals surface area contributed by atoms with Gasteiger partial charge in [0.1, 0.15) is 0 Å². The van der Waals surface area contributed by atoms with Gasteiger partial charge in [-0.3, -0.25) is 9.48 Å². The largest absolute Gasteiger partial charge is 0.298 e. The van der Waals surface area contributed by atoms with Crippen LogP contribution < -0.4 is 0 Å². The monoisotopic (exact) mass is 154 g/mol. The van der Waals surface area contributed by atoms with Crippen molar-refractivity contribution >= 4 is 18.0 Å². The minimum absolute atomic E-state index is 0.741. The van der Waals surface area contributed by atoms with E-state index in [0.29, 0.717) is 0 Å². The summed E-state index contributed by atoms with van der Waals surface area (Å²) in [7, 11) is 0. The predicted octanol–water partition coefficient (Wildman–Crippen LogP) is 0.900. The van der Waals surface area contributed by atoms with E-state index in [1.54, 1.807) is 18.0 Å². The number of fused-ring (bicyclic) bond motifs is 1. The first-order valence-electron chi connectivity index (χ1n) is 2.99. The van der Waals surface area contributed by atoms with E-state index in [0.717, 1.165) is 29.2 Å². The van der Waals surface area contributed by atoms with Crippen LogP contribution in [0, 0.1) is 0 Å². The molecule has 52 valence electrons. The molecule has 4 heteroatoms. The zero-order valence-corrected chi connectivity index (χ0v) is 6.10. The van der Waals surface area contributed by atoms with Gasteiger partial charge in [-0.15, -0.1) is 11.8 Å². The molecule has 0 saturated heterocycles. The molecule has 1 aliphatic heterocycles. The molecular weight excluding hydrogens is 148 g/mol. The highest BCUT2D eigenvalue weighted by molar-refractivity contribution is 7.97. The van der Waals surface area contributed by atoms with Gasteiger partial charge in [-0.1, -0.05) is 0 Å². The smallest absolute Gasteiger partial charge is 0.153 e. The molecule has 0 spiro atoms. The molecule has 1 aromatic heterocycles. The summed E-state index contributed by atoms with van der Waals surface area (Å²) < 4.78 is 1.87. The summed E-state index contributed by atoms with van der Waals surface area (Å²) in [5, 5.41) is 4.03. The van der Waals surface area contributed by atoms with Crippen molar-refractivity contribution in [3.8, 4) is 0 Å². The zero-order valence-electron chi connectivity index (χ0n) is 5.28. The molecule has 0 atom stereocenters. The molecule has 0 bridgehead atoms. The molecule has 1 aromatic rings. The minimum Gasteiger partial charge on any atom is -0.298 e. The summed E-state index contributed by atoms with van der Waals surface area (Å²) in [5.41, 5.74) is 1.81. The van der Waals surface area contributed by atoms with E-state index in [1.165, 1.54) is 0 Å². The topological polar surface area (TPSA) is 34.9 Å². The number of aldehydes is 1. The van der Waals surface area contributed by atoms with Crippen molar-refractivity contribution in [2.24, 2.45) is 0 Å². The first kappa shape index (κ1) is 5.97. The quantitative estimate of drug-likeness (QED) is 0.564. The average Bonchev–Trinajstić information content (AvgIpc) is 2.44. The van der Waals surface area contributed by atoms with E-state index in [1.807, 2.05) is 4.68 Å². The van der Waals surface area contributed by atoms with Gasteiger partial charge in [-0.2, -0.15) is 5.10 Å². The van der Waals surface area contributed by atoms with Crippen LogP contribution in [0.25, 0.3) is 0 Å². The zero-order chi connectivity index (χ0) is 6.97. The van der Waals surface area contributed by atoms with Gasteiger partial charge in [0.2, 0.25) is 0 Å². The summed E-state index contributed by atoms with van der Waals surface area (Å²) in [6, 6.07) is 0. The Bertz CT molecular complexity index is 269. The second kappa shape index (κ2) is 2.12. The fourth-order valence-electron chi connectivity index (χ4n) is 1.02. The molecule has 0 saturated carbocycles. The van der Waals surface area contributed by atoms with Gasteiger partial charge in [-0.25, -0.2) is 0 Å². The highest BCUT2D eigenvalue weighted by Crippen LogP contribution is 2.24. The lowest BCUT2D eigenvalue weighted by Gasteiger charge is -1.88. The van der Waals surface area contributed by atoms with Crippen LogP contribution in [0.2, 0.25) is 0 Å². The van der Waals surface area contributed by atoms with Crippen molar-refractivity contribution in [1.82, 2.24) is 9.78 Å². The van der Waals surface area contributed by atoms with Crippen LogP contribution in [0.5, 0.6) is 0 Å². The summed E-state index contributed by atoms with van der Waals surface area (Å²) in [4.78, 5) is 10.4. The van der Waals surface area contributed by atoms with Crippen LogP contribution >= 0.6 is 11.8 Å². The van der Waals surface area contributed by atoms with Gasteiger partial charge >= 0.3 is 0 Å². The first-order valence-corrected chi connectivity index (χ1v) is 4.15. The molecule has 2 heterocycles. The fraction of sp³-hybridized carbons (Fsp3) is 0.333. The maximum Gasteiger partial charge on any atom is 0.153 e. The Morgan fingerprint density at radius 3 is 3.50 bits per heavy atom. The highest BCUT2D eigenvalue weighted by Gasteiger charge is 2.15. The summed E-state index contributed by atoms with van der Waals surface area (Å²) in [5.74, 6) is 1.82. The minimum atomic E-state index is 0.741. The highest BCUT2D eigenvalue weighted by atomic mass is 32.2. The van der Waals surface area contributed by atoms with E-state index in [2.05, 4.69) is 5.10 Å². The van der Waals surface area contributed by atoms with Gasteiger partial charge in [0.25, 0.3) is 0 Å². The van der Waals surface area contributed by atoms with E-state index >= 15 is 0 Å². The average molecular weight is 154 g/mol. The van der Waals surface area contributed by atoms with Crippen molar-refractivity contribution in [2.75, 3.05) is 0 Å². The molecule has 10 heavy (non-hydrogen) atoms. The number of rotatable bonds is 1. The molecule has 0 unspecified atom stereocenters. The second-order valence-electron chi connectivity index (χ2n) is 2.14. The molecule has 0 N–H and O–H groups in total. The standard InChI is InChI=1S/C6H6N2OS/c9-2-5-1-7-8-4-10-3-6(5)8/h1-2H,3-4H2. The molecule has 0 amide bonds. The van der Waals surface area contributed by atoms with Crippen molar-refractivity contribution in [3.63, 3.8) is 0 Å². The molecule has 1 aliphatic rings. The number of nitrogens with zero attached hydrogens (tertiary/aromatic N) is 2. The van der Waals surface area contributed by atoms with Crippen molar-refractivity contribution in [2.45, 2.75) is 11.6 Å². The molecule has 2 rings (SSSR count). The van der Waals surface area contributed by atoms with Gasteiger partial charge in [-0.05, 0) is 0 Å². The number of carbonyl (C=O) groups excluding carboxylic acids is 1. The van der Waals surface area contributed by atoms with Crippen LogP contribution in [-0.2, 0) is 11.6 Å². The second-order valence-corrected chi connectivity index (χ2v) is 3.10. The molecular formula is C6H6N2OS. The Hall–Kier alpha value is -0.770. The number of hydrogen-bond acceptors (Lipinski definition) is 3. The SMILES string of the molecule is O=Cc1cnn2c1CSC2. The van der Waals surface area contributed by atoms with Crippen molar-refractivity contribution < 1.29 is 4.79 Å².